The Bertz CT molecular complexity index is 656. The van der Waals surface area contributed by atoms with Crippen molar-refractivity contribution < 1.29 is 13.9 Å². The van der Waals surface area contributed by atoms with Gasteiger partial charge in [0.15, 0.2) is 0 Å². The van der Waals surface area contributed by atoms with Crippen molar-refractivity contribution in [2.24, 2.45) is 0 Å². The highest BCUT2D eigenvalue weighted by Gasteiger charge is 2.18. The van der Waals surface area contributed by atoms with Gasteiger partial charge in [-0.15, -0.1) is 0 Å². The van der Waals surface area contributed by atoms with E-state index in [1.807, 2.05) is 0 Å². The number of benzene rings is 2. The third kappa shape index (κ3) is 2.94. The molecule has 0 fully saturated rings. The summed E-state index contributed by atoms with van der Waals surface area (Å²) in [5, 5.41) is 0.791. The molecule has 5 heteroatoms. The van der Waals surface area contributed by atoms with Gasteiger partial charge in [-0.25, -0.2) is 9.18 Å². The molecule has 0 spiro atoms. The highest BCUT2D eigenvalue weighted by Crippen LogP contribution is 2.33. The maximum atomic E-state index is 14.4. The van der Waals surface area contributed by atoms with Crippen LogP contribution in [0.25, 0.3) is 11.1 Å². The van der Waals surface area contributed by atoms with Crippen molar-refractivity contribution >= 4 is 29.2 Å². The van der Waals surface area contributed by atoms with Crippen molar-refractivity contribution in [2.45, 2.75) is 6.92 Å². The lowest BCUT2D eigenvalue weighted by Crippen LogP contribution is -2.07. The quantitative estimate of drug-likeness (QED) is 0.747. The van der Waals surface area contributed by atoms with Crippen molar-refractivity contribution in [3.05, 3.63) is 57.8 Å². The fourth-order valence-electron chi connectivity index (χ4n) is 1.81. The molecule has 0 aliphatic heterocycles. The summed E-state index contributed by atoms with van der Waals surface area (Å²) in [6.45, 7) is 1.84. The Balaban J connectivity index is 2.56. The van der Waals surface area contributed by atoms with Gasteiger partial charge in [-0.3, -0.25) is 0 Å². The standard InChI is InChI=1S/C15H11Cl2FO2/c1-2-20-15(19)11-5-3-4-10(14(11)18)12-8-9(16)6-7-13(12)17/h3-8H,2H2,1H3. The molecule has 0 aromatic heterocycles. The minimum absolute atomic E-state index is 0.125. The molecule has 0 N–H and O–H groups in total. The third-order valence-electron chi connectivity index (χ3n) is 2.71. The molecule has 0 unspecified atom stereocenters. The van der Waals surface area contributed by atoms with Gasteiger partial charge in [0.1, 0.15) is 5.82 Å². The molecule has 2 nitrogen and oxygen atoms in total. The predicted octanol–water partition coefficient (Wildman–Crippen LogP) is 4.98. The maximum absolute atomic E-state index is 14.4. The Morgan fingerprint density at radius 1 is 1.20 bits per heavy atom. The lowest BCUT2D eigenvalue weighted by atomic mass is 10.0. The summed E-state index contributed by atoms with van der Waals surface area (Å²) in [6, 6.07) is 9.22. The average molecular weight is 313 g/mol. The van der Waals surface area contributed by atoms with Crippen LogP contribution >= 0.6 is 23.2 Å². The van der Waals surface area contributed by atoms with Crippen LogP contribution in [0.4, 0.5) is 4.39 Å². The smallest absolute Gasteiger partial charge is 0.341 e. The number of carbonyl (C=O) groups excluding carboxylic acids is 1. The molecular weight excluding hydrogens is 302 g/mol. The molecule has 2 aromatic rings. The molecule has 0 aliphatic carbocycles. The van der Waals surface area contributed by atoms with Gasteiger partial charge in [0, 0.05) is 21.2 Å². The molecular formula is C15H11Cl2FO2. The van der Waals surface area contributed by atoms with Crippen LogP contribution < -0.4 is 0 Å². The van der Waals surface area contributed by atoms with E-state index in [9.17, 15) is 9.18 Å². The summed E-state index contributed by atoms with van der Waals surface area (Å²) in [6.07, 6.45) is 0. The average Bonchev–Trinajstić information content (AvgIpc) is 2.42. The Morgan fingerprint density at radius 2 is 1.95 bits per heavy atom. The van der Waals surface area contributed by atoms with Gasteiger partial charge in [-0.05, 0) is 31.2 Å². The number of halogens is 3. The van der Waals surface area contributed by atoms with E-state index >= 15 is 0 Å². The van der Waals surface area contributed by atoms with Crippen LogP contribution in [-0.4, -0.2) is 12.6 Å². The van der Waals surface area contributed by atoms with E-state index in [0.717, 1.165) is 0 Å². The first-order valence-electron chi connectivity index (χ1n) is 5.95. The van der Waals surface area contributed by atoms with Gasteiger partial charge in [0.2, 0.25) is 0 Å². The van der Waals surface area contributed by atoms with Crippen LogP contribution in [0.1, 0.15) is 17.3 Å². The van der Waals surface area contributed by atoms with E-state index in [1.165, 1.54) is 12.1 Å². The largest absolute Gasteiger partial charge is 0.462 e. The van der Waals surface area contributed by atoms with Crippen molar-refractivity contribution in [1.82, 2.24) is 0 Å². The van der Waals surface area contributed by atoms with E-state index in [0.29, 0.717) is 15.6 Å². The van der Waals surface area contributed by atoms with Gasteiger partial charge < -0.3 is 4.74 Å². The number of hydrogen-bond donors (Lipinski definition) is 0. The number of hydrogen-bond acceptors (Lipinski definition) is 2. The summed E-state index contributed by atoms with van der Waals surface area (Å²) in [5.74, 6) is -1.37. The van der Waals surface area contributed by atoms with Crippen molar-refractivity contribution in [3.63, 3.8) is 0 Å². The molecule has 20 heavy (non-hydrogen) atoms. The fourth-order valence-corrected chi connectivity index (χ4v) is 2.20. The van der Waals surface area contributed by atoms with Gasteiger partial charge in [0.05, 0.1) is 12.2 Å². The zero-order chi connectivity index (χ0) is 14.7. The molecule has 0 atom stereocenters. The Hall–Kier alpha value is -1.58. The number of rotatable bonds is 3. The molecule has 0 amide bonds. The lowest BCUT2D eigenvalue weighted by Gasteiger charge is -2.10. The van der Waals surface area contributed by atoms with Gasteiger partial charge in [-0.2, -0.15) is 0 Å². The minimum atomic E-state index is -0.704. The normalized spacial score (nSPS) is 10.4. The van der Waals surface area contributed by atoms with E-state index in [4.69, 9.17) is 27.9 Å². The zero-order valence-electron chi connectivity index (χ0n) is 10.6. The molecule has 0 saturated carbocycles. The molecule has 2 aromatic carbocycles. The number of ether oxygens (including phenoxy) is 1. The van der Waals surface area contributed by atoms with E-state index in [2.05, 4.69) is 0 Å². The Morgan fingerprint density at radius 3 is 2.65 bits per heavy atom. The fraction of sp³-hybridized carbons (Fsp3) is 0.133. The summed E-state index contributed by atoms with van der Waals surface area (Å²) in [7, 11) is 0. The molecule has 104 valence electrons. The first-order chi connectivity index (χ1) is 9.54. The summed E-state index contributed by atoms with van der Waals surface area (Å²) in [4.78, 5) is 11.7. The second-order valence-electron chi connectivity index (χ2n) is 4.01. The first kappa shape index (κ1) is 14.8. The van der Waals surface area contributed by atoms with Crippen molar-refractivity contribution in [1.29, 1.82) is 0 Å². The second-order valence-corrected chi connectivity index (χ2v) is 4.86. The molecule has 0 bridgehead atoms. The van der Waals surface area contributed by atoms with Crippen molar-refractivity contribution in [2.75, 3.05) is 6.61 Å². The molecule has 0 saturated heterocycles. The first-order valence-corrected chi connectivity index (χ1v) is 6.71. The minimum Gasteiger partial charge on any atom is -0.462 e. The maximum Gasteiger partial charge on any atom is 0.341 e. The van der Waals surface area contributed by atoms with Crippen LogP contribution in [0.3, 0.4) is 0 Å². The SMILES string of the molecule is CCOC(=O)c1cccc(-c2cc(Cl)ccc2Cl)c1F. The van der Waals surface area contributed by atoms with Gasteiger partial charge >= 0.3 is 5.97 Å². The van der Waals surface area contributed by atoms with Crippen LogP contribution in [-0.2, 0) is 4.74 Å². The Labute approximate surface area is 126 Å². The third-order valence-corrected chi connectivity index (χ3v) is 3.28. The second kappa shape index (κ2) is 6.25. The van der Waals surface area contributed by atoms with Gasteiger partial charge in [-0.1, -0.05) is 35.3 Å². The van der Waals surface area contributed by atoms with Crippen LogP contribution in [0.15, 0.2) is 36.4 Å². The van der Waals surface area contributed by atoms with Crippen LogP contribution in [0, 0.1) is 5.82 Å². The molecule has 0 aliphatic rings. The number of esters is 1. The monoisotopic (exact) mass is 312 g/mol. The Kier molecular flexibility index (Phi) is 4.63. The lowest BCUT2D eigenvalue weighted by molar-refractivity contribution is 0.0521. The van der Waals surface area contributed by atoms with Crippen LogP contribution in [0.5, 0.6) is 0 Å². The topological polar surface area (TPSA) is 26.3 Å². The molecule has 2 rings (SSSR count). The van der Waals surface area contributed by atoms with E-state index < -0.39 is 11.8 Å². The van der Waals surface area contributed by atoms with E-state index in [-0.39, 0.29) is 17.7 Å². The molecule has 0 radical (unpaired) electrons. The summed E-state index contributed by atoms with van der Waals surface area (Å²) >= 11 is 12.0. The zero-order valence-corrected chi connectivity index (χ0v) is 12.1. The number of carbonyl (C=O) groups is 1. The molecule has 0 heterocycles. The highest BCUT2D eigenvalue weighted by atomic mass is 35.5. The van der Waals surface area contributed by atoms with E-state index in [1.54, 1.807) is 31.2 Å². The van der Waals surface area contributed by atoms with Crippen LogP contribution in [0.2, 0.25) is 10.0 Å². The van der Waals surface area contributed by atoms with Crippen molar-refractivity contribution in [3.8, 4) is 11.1 Å². The summed E-state index contributed by atoms with van der Waals surface area (Å²) < 4.78 is 19.3. The van der Waals surface area contributed by atoms with Gasteiger partial charge in [0.25, 0.3) is 0 Å². The summed E-state index contributed by atoms with van der Waals surface area (Å²) in [5.41, 5.74) is 0.520. The highest BCUT2D eigenvalue weighted by molar-refractivity contribution is 6.35. The predicted molar refractivity (Wildman–Crippen MR) is 77.8 cm³/mol.